The minimum Gasteiger partial charge on any atom is -0.396 e. The Morgan fingerprint density at radius 3 is 2.38 bits per heavy atom. The van der Waals surface area contributed by atoms with Crippen LogP contribution in [0.15, 0.2) is 78.9 Å². The van der Waals surface area contributed by atoms with Gasteiger partial charge in [-0.25, -0.2) is 0 Å². The van der Waals surface area contributed by atoms with Crippen molar-refractivity contribution in [3.8, 4) is 0 Å². The molecule has 42 heavy (non-hydrogen) atoms. The van der Waals surface area contributed by atoms with E-state index in [-0.39, 0.29) is 37.4 Å². The summed E-state index contributed by atoms with van der Waals surface area (Å²) in [4.78, 5) is 48.5. The van der Waals surface area contributed by atoms with Crippen LogP contribution in [-0.2, 0) is 25.7 Å². The number of benzene rings is 2. The minimum atomic E-state index is -1.33. The molecule has 1 spiro atoms. The lowest BCUT2D eigenvalue weighted by Gasteiger charge is -2.38. The standard InChI is InChI=1S/C33H36ClN3O5/c1-2-32-16-10-18-35(22-23-12-4-3-5-13-23)29(39)26(32)27-30(40)37(19-8-9-21-38)28-31(41)36(20-11-17-33(27,28)42-32)25-15-7-6-14-24(25)34/h3-7,10-17,26-28,38H,2,8-9,18-22H2,1H3/t26-,27+,28?,32+,33+/m1/s1. The van der Waals surface area contributed by atoms with Gasteiger partial charge in [0.2, 0.25) is 11.8 Å². The molecule has 0 aliphatic carbocycles. The highest BCUT2D eigenvalue weighted by molar-refractivity contribution is 6.34. The molecule has 6 rings (SSSR count). The maximum absolute atomic E-state index is 14.5. The molecule has 8 nitrogen and oxygen atoms in total. The number of unbranched alkanes of at least 4 members (excludes halogenated alkanes) is 1. The highest BCUT2D eigenvalue weighted by Crippen LogP contribution is 2.58. The molecule has 0 radical (unpaired) electrons. The lowest BCUT2D eigenvalue weighted by atomic mass is 9.73. The molecular weight excluding hydrogens is 554 g/mol. The van der Waals surface area contributed by atoms with Gasteiger partial charge in [-0.1, -0.05) is 85.3 Å². The second kappa shape index (κ2) is 11.3. The topological polar surface area (TPSA) is 90.4 Å². The van der Waals surface area contributed by atoms with Crippen LogP contribution in [0, 0.1) is 11.8 Å². The summed E-state index contributed by atoms with van der Waals surface area (Å²) in [5.41, 5.74) is -0.819. The number of para-hydroxylation sites is 1. The number of likely N-dealkylation sites (tertiary alicyclic amines) is 1. The summed E-state index contributed by atoms with van der Waals surface area (Å²) in [7, 11) is 0. The zero-order valence-corrected chi connectivity index (χ0v) is 24.5. The number of aliphatic hydroxyl groups excluding tert-OH is 1. The second-order valence-electron chi connectivity index (χ2n) is 11.5. The first-order valence-electron chi connectivity index (χ1n) is 14.7. The zero-order chi connectivity index (χ0) is 29.5. The van der Waals surface area contributed by atoms with E-state index in [2.05, 4.69) is 0 Å². The fourth-order valence-corrected chi connectivity index (χ4v) is 7.51. The van der Waals surface area contributed by atoms with Crippen LogP contribution >= 0.6 is 11.6 Å². The van der Waals surface area contributed by atoms with Crippen molar-refractivity contribution in [1.29, 1.82) is 0 Å². The van der Waals surface area contributed by atoms with Gasteiger partial charge in [-0.15, -0.1) is 0 Å². The Morgan fingerprint density at radius 1 is 0.905 bits per heavy atom. The Morgan fingerprint density at radius 2 is 1.64 bits per heavy atom. The van der Waals surface area contributed by atoms with Crippen LogP contribution < -0.4 is 4.90 Å². The third kappa shape index (κ3) is 4.48. The molecule has 2 saturated heterocycles. The molecule has 5 atom stereocenters. The van der Waals surface area contributed by atoms with E-state index in [9.17, 15) is 19.5 Å². The zero-order valence-electron chi connectivity index (χ0n) is 23.7. The van der Waals surface area contributed by atoms with Crippen molar-refractivity contribution in [2.24, 2.45) is 11.8 Å². The van der Waals surface area contributed by atoms with E-state index < -0.39 is 29.1 Å². The SMILES string of the molecule is CC[C@]12C=CCN(Cc3ccccc3)C(=O)[C@H]1[C@H]1C(=O)N(CCCCO)C3C(=O)N(c4ccccc4Cl)CC=C[C@@]31O2. The van der Waals surface area contributed by atoms with E-state index >= 15 is 0 Å². The average Bonchev–Trinajstić information content (AvgIpc) is 3.28. The average molecular weight is 590 g/mol. The Balaban J connectivity index is 1.45. The predicted octanol–water partition coefficient (Wildman–Crippen LogP) is 3.97. The van der Waals surface area contributed by atoms with Crippen LogP contribution in [0.25, 0.3) is 0 Å². The van der Waals surface area contributed by atoms with Crippen molar-refractivity contribution >= 4 is 35.0 Å². The molecule has 4 aliphatic heterocycles. The van der Waals surface area contributed by atoms with Gasteiger partial charge < -0.3 is 24.5 Å². The van der Waals surface area contributed by atoms with E-state index in [1.807, 2.05) is 67.6 Å². The number of carbonyl (C=O) groups excluding carboxylic acids is 3. The monoisotopic (exact) mass is 589 g/mol. The van der Waals surface area contributed by atoms with Crippen molar-refractivity contribution in [2.75, 3.05) is 31.1 Å². The maximum Gasteiger partial charge on any atom is 0.253 e. The number of rotatable bonds is 8. The van der Waals surface area contributed by atoms with E-state index in [4.69, 9.17) is 16.3 Å². The molecule has 1 unspecified atom stereocenters. The van der Waals surface area contributed by atoms with Gasteiger partial charge in [0.05, 0.1) is 28.1 Å². The van der Waals surface area contributed by atoms with Crippen molar-refractivity contribution < 1.29 is 24.2 Å². The molecule has 2 fully saturated rings. The Bertz CT molecular complexity index is 1430. The summed E-state index contributed by atoms with van der Waals surface area (Å²) in [5.74, 6) is -2.39. The van der Waals surface area contributed by atoms with E-state index in [1.165, 1.54) is 0 Å². The van der Waals surface area contributed by atoms with Gasteiger partial charge in [0.1, 0.15) is 11.6 Å². The smallest absolute Gasteiger partial charge is 0.253 e. The third-order valence-electron chi connectivity index (χ3n) is 9.19. The third-order valence-corrected chi connectivity index (χ3v) is 9.51. The van der Waals surface area contributed by atoms with Crippen molar-refractivity contribution in [3.05, 3.63) is 89.5 Å². The summed E-state index contributed by atoms with van der Waals surface area (Å²) < 4.78 is 7.02. The van der Waals surface area contributed by atoms with Gasteiger partial charge in [0, 0.05) is 32.8 Å². The van der Waals surface area contributed by atoms with Gasteiger partial charge in [-0.2, -0.15) is 0 Å². The molecule has 0 saturated carbocycles. The molecule has 4 aliphatic rings. The number of halogens is 1. The quantitative estimate of drug-likeness (QED) is 0.372. The fourth-order valence-electron chi connectivity index (χ4n) is 7.28. The molecule has 1 N–H and O–H groups in total. The Kier molecular flexibility index (Phi) is 7.72. The van der Waals surface area contributed by atoms with Crippen LogP contribution in [0.2, 0.25) is 5.02 Å². The summed E-state index contributed by atoms with van der Waals surface area (Å²) in [5, 5.41) is 9.90. The summed E-state index contributed by atoms with van der Waals surface area (Å²) in [6.45, 7) is 3.28. The molecule has 220 valence electrons. The number of aliphatic hydroxyl groups is 1. The normalized spacial score (nSPS) is 30.3. The van der Waals surface area contributed by atoms with E-state index in [1.54, 1.807) is 32.9 Å². The van der Waals surface area contributed by atoms with Crippen molar-refractivity contribution in [1.82, 2.24) is 9.80 Å². The molecule has 9 heteroatoms. The number of ether oxygens (including phenoxy) is 1. The number of fused-ring (bicyclic) bond motifs is 2. The Labute approximate surface area is 251 Å². The number of amides is 3. The number of hydrogen-bond donors (Lipinski definition) is 1. The molecule has 2 aromatic carbocycles. The predicted molar refractivity (Wildman–Crippen MR) is 160 cm³/mol. The van der Waals surface area contributed by atoms with Crippen LogP contribution in [0.3, 0.4) is 0 Å². The first-order valence-corrected chi connectivity index (χ1v) is 15.1. The highest BCUT2D eigenvalue weighted by Gasteiger charge is 2.75. The molecule has 0 bridgehead atoms. The largest absolute Gasteiger partial charge is 0.396 e. The van der Waals surface area contributed by atoms with Crippen molar-refractivity contribution in [3.63, 3.8) is 0 Å². The number of carbonyl (C=O) groups is 3. The van der Waals surface area contributed by atoms with Gasteiger partial charge >= 0.3 is 0 Å². The number of hydrogen-bond acceptors (Lipinski definition) is 5. The lowest BCUT2D eigenvalue weighted by Crippen LogP contribution is -2.56. The maximum atomic E-state index is 14.5. The first kappa shape index (κ1) is 28.6. The second-order valence-corrected chi connectivity index (χ2v) is 11.9. The van der Waals surface area contributed by atoms with Crippen molar-refractivity contribution in [2.45, 2.75) is 50.0 Å². The lowest BCUT2D eigenvalue weighted by molar-refractivity contribution is -0.150. The number of nitrogens with zero attached hydrogens (tertiary/aromatic N) is 3. The van der Waals surface area contributed by atoms with Gasteiger partial charge in [0.25, 0.3) is 5.91 Å². The fraction of sp³-hybridized carbons (Fsp3) is 0.424. The van der Waals surface area contributed by atoms with Crippen LogP contribution in [0.5, 0.6) is 0 Å². The molecule has 0 aromatic heterocycles. The van der Waals surface area contributed by atoms with Crippen LogP contribution in [-0.4, -0.2) is 76.1 Å². The highest BCUT2D eigenvalue weighted by atomic mass is 35.5. The molecule has 3 amide bonds. The van der Waals surface area contributed by atoms with E-state index in [0.29, 0.717) is 43.1 Å². The minimum absolute atomic E-state index is 0.0172. The van der Waals surface area contributed by atoms with Crippen LogP contribution in [0.1, 0.15) is 31.7 Å². The first-order chi connectivity index (χ1) is 20.4. The molecule has 2 aromatic rings. The van der Waals surface area contributed by atoms with Gasteiger partial charge in [0.15, 0.2) is 0 Å². The van der Waals surface area contributed by atoms with Gasteiger partial charge in [-0.3, -0.25) is 14.4 Å². The summed E-state index contributed by atoms with van der Waals surface area (Å²) in [6, 6.07) is 16.0. The van der Waals surface area contributed by atoms with Gasteiger partial charge in [-0.05, 0) is 37.0 Å². The summed E-state index contributed by atoms with van der Waals surface area (Å²) in [6.07, 6.45) is 9.10. The van der Waals surface area contributed by atoms with Crippen LogP contribution in [0.4, 0.5) is 5.69 Å². The summed E-state index contributed by atoms with van der Waals surface area (Å²) >= 11 is 6.54. The Hall–Kier alpha value is -3.46. The molecular formula is C33H36ClN3O5. The number of anilines is 1. The molecule has 4 heterocycles. The van der Waals surface area contributed by atoms with E-state index in [0.717, 1.165) is 5.56 Å².